The summed E-state index contributed by atoms with van der Waals surface area (Å²) in [5, 5.41) is 25.6. The predicted octanol–water partition coefficient (Wildman–Crippen LogP) is 2.85. The van der Waals surface area contributed by atoms with Crippen LogP contribution >= 0.6 is 23.2 Å². The summed E-state index contributed by atoms with van der Waals surface area (Å²) in [5.41, 5.74) is 1.30. The largest absolute Gasteiger partial charge is 0.489 e. The van der Waals surface area contributed by atoms with Crippen molar-refractivity contribution in [2.24, 2.45) is 0 Å². The maximum absolute atomic E-state index is 12.9. The minimum absolute atomic E-state index is 0.00741. The highest BCUT2D eigenvalue weighted by Crippen LogP contribution is 2.26. The molecule has 2 fully saturated rings. The molecule has 0 bridgehead atoms. The van der Waals surface area contributed by atoms with Crippen molar-refractivity contribution in [3.63, 3.8) is 0 Å². The van der Waals surface area contributed by atoms with E-state index >= 15 is 0 Å². The number of benzene rings is 2. The summed E-state index contributed by atoms with van der Waals surface area (Å²) in [6.07, 6.45) is -0.451. The van der Waals surface area contributed by atoms with Gasteiger partial charge in [-0.1, -0.05) is 41.4 Å². The fraction of sp³-hybridized carbons (Fsp3) is 0.444. The van der Waals surface area contributed by atoms with E-state index < -0.39 is 36.0 Å². The van der Waals surface area contributed by atoms with Gasteiger partial charge in [0.2, 0.25) is 0 Å². The third-order valence-electron chi connectivity index (χ3n) is 6.75. The molecule has 39 heavy (non-hydrogen) atoms. The Morgan fingerprint density at radius 3 is 2.18 bits per heavy atom. The normalized spacial score (nSPS) is 23.6. The van der Waals surface area contributed by atoms with Crippen molar-refractivity contribution in [1.82, 2.24) is 10.6 Å². The van der Waals surface area contributed by atoms with Crippen LogP contribution in [0.25, 0.3) is 0 Å². The number of carboxylic acids is 1. The second kappa shape index (κ2) is 13.5. The lowest BCUT2D eigenvalue weighted by Crippen LogP contribution is -2.53. The topological polar surface area (TPSA) is 143 Å². The number of carboxylic acid groups (broad SMARTS) is 1. The van der Waals surface area contributed by atoms with E-state index in [2.05, 4.69) is 10.6 Å². The maximum atomic E-state index is 12.9. The Balaban J connectivity index is 1.31. The molecule has 1 aliphatic carbocycles. The first-order valence-electron chi connectivity index (χ1n) is 12.6. The van der Waals surface area contributed by atoms with Gasteiger partial charge in [-0.15, -0.1) is 0 Å². The van der Waals surface area contributed by atoms with Gasteiger partial charge >= 0.3 is 5.97 Å². The second-order valence-electron chi connectivity index (χ2n) is 9.54. The molecule has 3 atom stereocenters. The summed E-state index contributed by atoms with van der Waals surface area (Å²) < 4.78 is 16.4. The van der Waals surface area contributed by atoms with Crippen LogP contribution in [0, 0.1) is 0 Å². The minimum atomic E-state index is -1.28. The number of aliphatic hydroxyl groups is 1. The molecular weight excluding hydrogens is 551 g/mol. The number of rotatable bonds is 10. The van der Waals surface area contributed by atoms with E-state index in [0.717, 1.165) is 0 Å². The van der Waals surface area contributed by atoms with Crippen molar-refractivity contribution in [2.75, 3.05) is 6.79 Å². The maximum Gasteiger partial charge on any atom is 0.326 e. The van der Waals surface area contributed by atoms with Crippen molar-refractivity contribution in [3.8, 4) is 5.75 Å². The van der Waals surface area contributed by atoms with Crippen LogP contribution in [-0.2, 0) is 36.9 Å². The number of halogens is 2. The van der Waals surface area contributed by atoms with Crippen LogP contribution in [0.1, 0.15) is 36.8 Å². The molecular formula is C27H30Cl2N2O8. The summed E-state index contributed by atoms with van der Waals surface area (Å²) in [6.45, 7) is -0.106. The summed E-state index contributed by atoms with van der Waals surface area (Å²) in [6, 6.07) is 10.5. The van der Waals surface area contributed by atoms with Crippen LogP contribution in [-0.4, -0.2) is 65.2 Å². The van der Waals surface area contributed by atoms with E-state index in [1.165, 1.54) is 0 Å². The number of carbonyl (C=O) groups is 3. The molecule has 2 aromatic carbocycles. The van der Waals surface area contributed by atoms with Crippen LogP contribution in [0.15, 0.2) is 42.5 Å². The first-order chi connectivity index (χ1) is 18.7. The van der Waals surface area contributed by atoms with Crippen LogP contribution in [0.3, 0.4) is 0 Å². The molecule has 2 amide bonds. The standard InChI is InChI=1S/C27H30Cl2N2O8/c28-20-2-1-3-21(29)19(20)13-37-18-10-4-15(5-11-18)12-22(27(35)36)31-26(34)24-23(38-14-39-24)25(33)30-16-6-8-17(32)9-7-16/h1-5,10-11,16-17,22-24,32H,6-9,12-14H2,(H,30,33)(H,31,34)(H,35,36)/t16?,17?,22-,23+,24+/m0/s1. The lowest BCUT2D eigenvalue weighted by Gasteiger charge is -2.27. The molecule has 10 nitrogen and oxygen atoms in total. The second-order valence-corrected chi connectivity index (χ2v) is 10.4. The Kier molecular flexibility index (Phi) is 10.0. The molecule has 4 N–H and O–H groups in total. The fourth-order valence-electron chi connectivity index (χ4n) is 4.53. The summed E-state index contributed by atoms with van der Waals surface area (Å²) >= 11 is 12.3. The van der Waals surface area contributed by atoms with E-state index in [1.807, 2.05) is 0 Å². The molecule has 1 saturated carbocycles. The third-order valence-corrected chi connectivity index (χ3v) is 7.46. The zero-order valence-electron chi connectivity index (χ0n) is 21.0. The molecule has 2 aliphatic rings. The fourth-order valence-corrected chi connectivity index (χ4v) is 5.03. The molecule has 2 aromatic rings. The highest BCUT2D eigenvalue weighted by Gasteiger charge is 2.42. The first-order valence-corrected chi connectivity index (χ1v) is 13.4. The molecule has 0 spiro atoms. The van der Waals surface area contributed by atoms with Gasteiger partial charge in [-0.2, -0.15) is 0 Å². The molecule has 1 saturated heterocycles. The lowest BCUT2D eigenvalue weighted by atomic mass is 9.93. The summed E-state index contributed by atoms with van der Waals surface area (Å²) in [7, 11) is 0. The van der Waals surface area contributed by atoms with Crippen molar-refractivity contribution in [3.05, 3.63) is 63.6 Å². The van der Waals surface area contributed by atoms with Crippen molar-refractivity contribution < 1.29 is 38.8 Å². The van der Waals surface area contributed by atoms with Gasteiger partial charge in [-0.05, 0) is 55.5 Å². The highest BCUT2D eigenvalue weighted by molar-refractivity contribution is 6.35. The number of hydrogen-bond acceptors (Lipinski definition) is 7. The van der Waals surface area contributed by atoms with Gasteiger partial charge in [0.25, 0.3) is 11.8 Å². The average molecular weight is 581 g/mol. The molecule has 210 valence electrons. The number of aliphatic hydroxyl groups excluding tert-OH is 1. The smallest absolute Gasteiger partial charge is 0.326 e. The monoisotopic (exact) mass is 580 g/mol. The average Bonchev–Trinajstić information content (AvgIpc) is 3.41. The van der Waals surface area contributed by atoms with Gasteiger partial charge in [-0.3, -0.25) is 9.59 Å². The van der Waals surface area contributed by atoms with Gasteiger partial charge in [0.05, 0.1) is 6.10 Å². The van der Waals surface area contributed by atoms with Crippen LogP contribution in [0.2, 0.25) is 10.0 Å². The van der Waals surface area contributed by atoms with Crippen molar-refractivity contribution in [2.45, 2.75) is 69.1 Å². The van der Waals surface area contributed by atoms with Gasteiger partial charge in [-0.25, -0.2) is 4.79 Å². The molecule has 1 aliphatic heterocycles. The third kappa shape index (κ3) is 7.83. The van der Waals surface area contributed by atoms with Crippen LogP contribution in [0.5, 0.6) is 5.75 Å². The lowest BCUT2D eigenvalue weighted by molar-refractivity contribution is -0.144. The molecule has 0 aromatic heterocycles. The van der Waals surface area contributed by atoms with E-state index in [-0.39, 0.29) is 32.0 Å². The zero-order valence-corrected chi connectivity index (χ0v) is 22.5. The van der Waals surface area contributed by atoms with Gasteiger partial charge < -0.3 is 35.1 Å². The minimum Gasteiger partial charge on any atom is -0.489 e. The molecule has 0 radical (unpaired) electrons. The van der Waals surface area contributed by atoms with E-state index in [1.54, 1.807) is 42.5 Å². The first kappa shape index (κ1) is 29.1. The number of amides is 2. The van der Waals surface area contributed by atoms with Crippen molar-refractivity contribution >= 4 is 41.0 Å². The zero-order chi connectivity index (χ0) is 27.9. The summed E-state index contributed by atoms with van der Waals surface area (Å²) in [4.78, 5) is 37.5. The number of carbonyl (C=O) groups excluding carboxylic acids is 2. The number of nitrogens with one attached hydrogen (secondary N) is 2. The predicted molar refractivity (Wildman–Crippen MR) is 142 cm³/mol. The van der Waals surface area contributed by atoms with E-state index in [4.69, 9.17) is 37.4 Å². The quantitative estimate of drug-likeness (QED) is 0.336. The van der Waals surface area contributed by atoms with E-state index in [9.17, 15) is 24.6 Å². The van der Waals surface area contributed by atoms with Crippen LogP contribution < -0.4 is 15.4 Å². The Hall–Kier alpha value is -2.89. The van der Waals surface area contributed by atoms with Crippen LogP contribution in [0.4, 0.5) is 0 Å². The summed E-state index contributed by atoms with van der Waals surface area (Å²) in [5.74, 6) is -1.97. The Bertz CT molecular complexity index is 1150. The molecule has 1 heterocycles. The van der Waals surface area contributed by atoms with Gasteiger partial charge in [0.1, 0.15) is 25.2 Å². The molecule has 12 heteroatoms. The SMILES string of the molecule is O=C(O)[C@H](Cc1ccc(OCc2c(Cl)cccc2Cl)cc1)NC(=O)[C@@H]1OCO[C@H]1C(=O)NC1CCC(O)CC1. The molecule has 4 rings (SSSR count). The highest BCUT2D eigenvalue weighted by atomic mass is 35.5. The number of ether oxygens (including phenoxy) is 3. The van der Waals surface area contributed by atoms with Crippen molar-refractivity contribution in [1.29, 1.82) is 0 Å². The molecule has 0 unspecified atom stereocenters. The van der Waals surface area contributed by atoms with E-state index in [0.29, 0.717) is 52.6 Å². The number of hydrogen-bond donors (Lipinski definition) is 4. The van der Waals surface area contributed by atoms with Gasteiger partial charge in [0.15, 0.2) is 12.2 Å². The van der Waals surface area contributed by atoms with Gasteiger partial charge in [0, 0.05) is 28.1 Å². The Morgan fingerprint density at radius 1 is 0.949 bits per heavy atom. The Morgan fingerprint density at radius 2 is 1.56 bits per heavy atom. The number of aliphatic carboxylic acids is 1. The Labute approximate surface area is 235 Å².